The fraction of sp³-hybridized carbons (Fsp3) is 0.533. The van der Waals surface area contributed by atoms with Crippen LogP contribution in [0.3, 0.4) is 0 Å². The Morgan fingerprint density at radius 1 is 1.35 bits per heavy atom. The van der Waals surface area contributed by atoms with Crippen LogP contribution < -0.4 is 5.32 Å². The first-order chi connectivity index (χ1) is 10.9. The van der Waals surface area contributed by atoms with E-state index in [4.69, 9.17) is 21.1 Å². The minimum absolute atomic E-state index is 0.0847. The van der Waals surface area contributed by atoms with Gasteiger partial charge in [-0.15, -0.1) is 0 Å². The van der Waals surface area contributed by atoms with Crippen LogP contribution in [0.1, 0.15) is 12.5 Å². The van der Waals surface area contributed by atoms with E-state index in [2.05, 4.69) is 5.32 Å². The van der Waals surface area contributed by atoms with E-state index in [9.17, 15) is 20.1 Å². The molecule has 2 rings (SSSR count). The number of ether oxygens (including phenoxy) is 2. The molecule has 23 heavy (non-hydrogen) atoms. The number of rotatable bonds is 5. The Bertz CT molecular complexity index is 542. The molecule has 1 fully saturated rings. The quantitative estimate of drug-likeness (QED) is 0.588. The predicted molar refractivity (Wildman–Crippen MR) is 81.6 cm³/mol. The lowest BCUT2D eigenvalue weighted by Crippen LogP contribution is -2.64. The van der Waals surface area contributed by atoms with Crippen molar-refractivity contribution >= 4 is 17.5 Å². The third-order valence-electron chi connectivity index (χ3n) is 3.61. The second-order valence-electron chi connectivity index (χ2n) is 5.34. The Labute approximate surface area is 138 Å². The zero-order valence-corrected chi connectivity index (χ0v) is 13.3. The lowest BCUT2D eigenvalue weighted by Gasteiger charge is -2.42. The number of benzene rings is 1. The van der Waals surface area contributed by atoms with Crippen molar-refractivity contribution in [2.24, 2.45) is 0 Å². The Balaban J connectivity index is 2.11. The Hall–Kier alpha value is -1.22. The first kappa shape index (κ1) is 18.1. The lowest BCUT2D eigenvalue weighted by molar-refractivity contribution is -0.273. The van der Waals surface area contributed by atoms with Crippen molar-refractivity contribution < 1.29 is 29.6 Å². The molecule has 1 amide bonds. The van der Waals surface area contributed by atoms with Crippen LogP contribution in [0.25, 0.3) is 0 Å². The summed E-state index contributed by atoms with van der Waals surface area (Å²) in [6.45, 7) is 0.876. The number of aliphatic hydroxyl groups excluding tert-OH is 3. The van der Waals surface area contributed by atoms with Gasteiger partial charge in [0.15, 0.2) is 6.29 Å². The van der Waals surface area contributed by atoms with Crippen molar-refractivity contribution in [2.45, 2.75) is 44.2 Å². The van der Waals surface area contributed by atoms with Crippen molar-refractivity contribution in [3.8, 4) is 0 Å². The van der Waals surface area contributed by atoms with E-state index < -0.39 is 43.2 Å². The Kier molecular flexibility index (Phi) is 6.34. The summed E-state index contributed by atoms with van der Waals surface area (Å²) in [5.41, 5.74) is 0.709. The van der Waals surface area contributed by atoms with Crippen LogP contribution in [0.5, 0.6) is 0 Å². The highest BCUT2D eigenvalue weighted by Crippen LogP contribution is 2.24. The normalized spacial score (nSPS) is 30.9. The molecule has 8 heteroatoms. The van der Waals surface area contributed by atoms with Gasteiger partial charge in [0.05, 0.1) is 13.2 Å². The van der Waals surface area contributed by atoms with Gasteiger partial charge in [-0.3, -0.25) is 4.79 Å². The molecule has 1 saturated heterocycles. The molecule has 5 atom stereocenters. The zero-order chi connectivity index (χ0) is 17.0. The van der Waals surface area contributed by atoms with Crippen molar-refractivity contribution in [1.82, 2.24) is 5.32 Å². The summed E-state index contributed by atoms with van der Waals surface area (Å²) in [5.74, 6) is -0.404. The molecule has 128 valence electrons. The monoisotopic (exact) mass is 345 g/mol. The molecule has 0 aliphatic carbocycles. The number of halogens is 1. The molecule has 4 N–H and O–H groups in total. The van der Waals surface area contributed by atoms with Crippen LogP contribution in [0.2, 0.25) is 5.02 Å². The summed E-state index contributed by atoms with van der Waals surface area (Å²) in [4.78, 5) is 11.3. The SMILES string of the molecule is CC(=O)N[C@@H]1[C@H](OCc2ccccc2Cl)O[C@H](CO)[C@@H](O)[C@H]1O. The molecule has 0 unspecified atom stereocenters. The largest absolute Gasteiger partial charge is 0.394 e. The van der Waals surface area contributed by atoms with Gasteiger partial charge in [-0.2, -0.15) is 0 Å². The summed E-state index contributed by atoms with van der Waals surface area (Å²) >= 11 is 6.05. The van der Waals surface area contributed by atoms with Gasteiger partial charge in [0.2, 0.25) is 5.91 Å². The number of carbonyl (C=O) groups is 1. The summed E-state index contributed by atoms with van der Waals surface area (Å²) < 4.78 is 11.1. The smallest absolute Gasteiger partial charge is 0.217 e. The molecule has 1 aromatic rings. The topological polar surface area (TPSA) is 108 Å². The number of hydrogen-bond acceptors (Lipinski definition) is 6. The van der Waals surface area contributed by atoms with E-state index in [-0.39, 0.29) is 6.61 Å². The number of carbonyl (C=O) groups excluding carboxylic acids is 1. The van der Waals surface area contributed by atoms with Gasteiger partial charge in [0.1, 0.15) is 24.4 Å². The van der Waals surface area contributed by atoms with Crippen molar-refractivity contribution in [3.63, 3.8) is 0 Å². The minimum atomic E-state index is -1.34. The van der Waals surface area contributed by atoms with Crippen LogP contribution >= 0.6 is 11.6 Å². The molecule has 1 heterocycles. The van der Waals surface area contributed by atoms with Crippen molar-refractivity contribution in [1.29, 1.82) is 0 Å². The number of aliphatic hydroxyl groups is 3. The van der Waals surface area contributed by atoms with E-state index in [0.29, 0.717) is 10.6 Å². The highest BCUT2D eigenvalue weighted by atomic mass is 35.5. The molecule has 0 spiro atoms. The van der Waals surface area contributed by atoms with Crippen LogP contribution in [-0.2, 0) is 20.9 Å². The maximum Gasteiger partial charge on any atom is 0.217 e. The number of amides is 1. The van der Waals surface area contributed by atoms with E-state index in [0.717, 1.165) is 0 Å². The Morgan fingerprint density at radius 2 is 2.04 bits per heavy atom. The average Bonchev–Trinajstić information content (AvgIpc) is 2.52. The third kappa shape index (κ3) is 4.41. The highest BCUT2D eigenvalue weighted by molar-refractivity contribution is 6.31. The summed E-state index contributed by atoms with van der Waals surface area (Å²) in [6, 6.07) is 6.10. The van der Waals surface area contributed by atoms with Gasteiger partial charge in [0, 0.05) is 11.9 Å². The molecular formula is C15H20ClNO6. The van der Waals surface area contributed by atoms with Gasteiger partial charge in [-0.05, 0) is 11.6 Å². The second-order valence-corrected chi connectivity index (χ2v) is 5.74. The van der Waals surface area contributed by atoms with Crippen LogP contribution in [0.15, 0.2) is 24.3 Å². The van der Waals surface area contributed by atoms with Gasteiger partial charge >= 0.3 is 0 Å². The van der Waals surface area contributed by atoms with Gasteiger partial charge in [-0.25, -0.2) is 0 Å². The second kappa shape index (κ2) is 8.05. The third-order valence-corrected chi connectivity index (χ3v) is 3.98. The van der Waals surface area contributed by atoms with E-state index in [1.165, 1.54) is 6.92 Å². The fourth-order valence-electron chi connectivity index (χ4n) is 2.40. The predicted octanol–water partition coefficient (Wildman–Crippen LogP) is -0.200. The van der Waals surface area contributed by atoms with Gasteiger partial charge in [0.25, 0.3) is 0 Å². The van der Waals surface area contributed by atoms with Crippen LogP contribution in [-0.4, -0.2) is 58.5 Å². The van der Waals surface area contributed by atoms with Crippen molar-refractivity contribution in [2.75, 3.05) is 6.61 Å². The molecule has 0 aromatic heterocycles. The van der Waals surface area contributed by atoms with Gasteiger partial charge < -0.3 is 30.1 Å². The minimum Gasteiger partial charge on any atom is -0.394 e. The molecule has 0 radical (unpaired) electrons. The fourth-order valence-corrected chi connectivity index (χ4v) is 2.59. The van der Waals surface area contributed by atoms with Crippen molar-refractivity contribution in [3.05, 3.63) is 34.9 Å². The average molecular weight is 346 g/mol. The molecular weight excluding hydrogens is 326 g/mol. The van der Waals surface area contributed by atoms with Crippen LogP contribution in [0.4, 0.5) is 0 Å². The maximum absolute atomic E-state index is 11.3. The highest BCUT2D eigenvalue weighted by Gasteiger charge is 2.45. The summed E-state index contributed by atoms with van der Waals surface area (Å²) in [6.07, 6.45) is -4.71. The van der Waals surface area contributed by atoms with Gasteiger partial charge in [-0.1, -0.05) is 29.8 Å². The Morgan fingerprint density at radius 3 is 2.65 bits per heavy atom. The summed E-state index contributed by atoms with van der Waals surface area (Å²) in [7, 11) is 0. The number of hydrogen-bond donors (Lipinski definition) is 4. The van der Waals surface area contributed by atoms with E-state index in [1.807, 2.05) is 0 Å². The molecule has 0 saturated carbocycles. The molecule has 1 aliphatic heterocycles. The van der Waals surface area contributed by atoms with Crippen LogP contribution in [0, 0.1) is 0 Å². The standard InChI is InChI=1S/C15H20ClNO6/c1-8(19)17-12-14(21)13(20)11(6-18)23-15(12)22-7-9-4-2-3-5-10(9)16/h2-5,11-15,18,20-21H,6-7H2,1H3,(H,17,19)/t11-,12+,13-,14+,15-/m1/s1. The van der Waals surface area contributed by atoms with E-state index in [1.54, 1.807) is 24.3 Å². The first-order valence-electron chi connectivity index (χ1n) is 7.18. The first-order valence-corrected chi connectivity index (χ1v) is 7.56. The summed E-state index contributed by atoms with van der Waals surface area (Å²) in [5, 5.41) is 32.3. The molecule has 0 bridgehead atoms. The zero-order valence-electron chi connectivity index (χ0n) is 12.6. The molecule has 7 nitrogen and oxygen atoms in total. The van der Waals surface area contributed by atoms with E-state index >= 15 is 0 Å². The number of nitrogens with one attached hydrogen (secondary N) is 1. The molecule has 1 aromatic carbocycles. The molecule has 1 aliphatic rings. The maximum atomic E-state index is 11.3. The lowest BCUT2D eigenvalue weighted by atomic mass is 9.97.